The zero-order valence-electron chi connectivity index (χ0n) is 19.4. The number of nitrogens with zero attached hydrogens (tertiary/aromatic N) is 5. The Kier molecular flexibility index (Phi) is 6.58. The lowest BCUT2D eigenvalue weighted by Crippen LogP contribution is -2.43. The summed E-state index contributed by atoms with van der Waals surface area (Å²) in [5, 5.41) is 6.29. The molecule has 0 aliphatic carbocycles. The number of pyridine rings is 1. The van der Waals surface area contributed by atoms with Gasteiger partial charge in [0.25, 0.3) is 0 Å². The summed E-state index contributed by atoms with van der Waals surface area (Å²) in [6, 6.07) is 13.4. The van der Waals surface area contributed by atoms with Gasteiger partial charge in [0, 0.05) is 44.0 Å². The lowest BCUT2D eigenvalue weighted by atomic mass is 10.1. The van der Waals surface area contributed by atoms with Crippen LogP contribution in [0.1, 0.15) is 19.8 Å². The topological polar surface area (TPSA) is 95.5 Å². The summed E-state index contributed by atoms with van der Waals surface area (Å²) in [5.74, 6) is 1.34. The maximum Gasteiger partial charge on any atom is 0.328 e. The Bertz CT molecular complexity index is 1140. The second-order valence-corrected chi connectivity index (χ2v) is 8.18. The van der Waals surface area contributed by atoms with Crippen molar-refractivity contribution in [3.8, 4) is 17.1 Å². The Labute approximate surface area is 193 Å². The number of hydrogen-bond acceptors (Lipinski definition) is 7. The van der Waals surface area contributed by atoms with Crippen LogP contribution in [0.5, 0.6) is 5.88 Å². The molecule has 0 fully saturated rings. The molecule has 0 unspecified atom stereocenters. The van der Waals surface area contributed by atoms with Gasteiger partial charge < -0.3 is 15.0 Å². The molecular weight excluding hydrogens is 418 g/mol. The van der Waals surface area contributed by atoms with Crippen LogP contribution in [0.3, 0.4) is 0 Å². The van der Waals surface area contributed by atoms with Gasteiger partial charge in [-0.3, -0.25) is 10.2 Å². The number of aromatic nitrogens is 3. The molecule has 1 aromatic carbocycles. The fourth-order valence-corrected chi connectivity index (χ4v) is 3.82. The summed E-state index contributed by atoms with van der Waals surface area (Å²) in [5.41, 5.74) is 3.69. The maximum absolute atomic E-state index is 13.4. The molecule has 3 heterocycles. The van der Waals surface area contributed by atoms with Crippen molar-refractivity contribution in [2.45, 2.75) is 25.8 Å². The third kappa shape index (κ3) is 4.97. The smallest absolute Gasteiger partial charge is 0.328 e. The van der Waals surface area contributed by atoms with E-state index in [1.54, 1.807) is 11.0 Å². The van der Waals surface area contributed by atoms with E-state index in [1.165, 1.54) is 13.4 Å². The quantitative estimate of drug-likeness (QED) is 0.617. The van der Waals surface area contributed by atoms with E-state index in [1.807, 2.05) is 45.3 Å². The van der Waals surface area contributed by atoms with E-state index >= 15 is 0 Å². The van der Waals surface area contributed by atoms with Gasteiger partial charge in [0.2, 0.25) is 5.88 Å². The zero-order valence-corrected chi connectivity index (χ0v) is 19.4. The number of amides is 2. The van der Waals surface area contributed by atoms with E-state index in [4.69, 9.17) is 9.72 Å². The summed E-state index contributed by atoms with van der Waals surface area (Å²) in [7, 11) is 5.53. The summed E-state index contributed by atoms with van der Waals surface area (Å²) in [6.45, 7) is 2.86. The van der Waals surface area contributed by atoms with Gasteiger partial charge in [-0.15, -0.1) is 0 Å². The molecule has 2 N–H and O–H groups in total. The van der Waals surface area contributed by atoms with Crippen LogP contribution in [0, 0.1) is 0 Å². The molecule has 9 heteroatoms. The number of anilines is 4. The van der Waals surface area contributed by atoms with E-state index < -0.39 is 0 Å². The molecule has 0 saturated carbocycles. The highest BCUT2D eigenvalue weighted by molar-refractivity contribution is 6.03. The average Bonchev–Trinajstić information content (AvgIpc) is 2.81. The molecule has 1 atom stereocenters. The number of nitrogens with one attached hydrogen (secondary N) is 2. The van der Waals surface area contributed by atoms with E-state index in [0.29, 0.717) is 17.5 Å². The monoisotopic (exact) mass is 447 g/mol. The molecular formula is C24H29N7O2. The average molecular weight is 448 g/mol. The fraction of sp³-hybridized carbons (Fsp3) is 0.333. The Morgan fingerprint density at radius 3 is 2.85 bits per heavy atom. The van der Waals surface area contributed by atoms with Gasteiger partial charge in [-0.05, 0) is 44.0 Å². The summed E-state index contributed by atoms with van der Waals surface area (Å²) >= 11 is 0. The number of carbonyl (C=O) groups excluding carboxylic acids is 1. The second-order valence-electron chi connectivity index (χ2n) is 8.18. The van der Waals surface area contributed by atoms with Crippen molar-refractivity contribution in [1.29, 1.82) is 0 Å². The van der Waals surface area contributed by atoms with Crippen LogP contribution < -0.4 is 25.2 Å². The molecule has 4 rings (SSSR count). The summed E-state index contributed by atoms with van der Waals surface area (Å²) < 4.78 is 5.15. The van der Waals surface area contributed by atoms with E-state index in [0.717, 1.165) is 42.0 Å². The molecule has 1 aliphatic rings. The Balaban J connectivity index is 1.72. The minimum atomic E-state index is -0.306. The highest BCUT2D eigenvalue weighted by Crippen LogP contribution is 2.33. The highest BCUT2D eigenvalue weighted by Gasteiger charge is 2.28. The molecule has 1 aliphatic heterocycles. The fourth-order valence-electron chi connectivity index (χ4n) is 3.82. The summed E-state index contributed by atoms with van der Waals surface area (Å²) in [6.07, 6.45) is 3.14. The third-order valence-electron chi connectivity index (χ3n) is 5.62. The van der Waals surface area contributed by atoms with Gasteiger partial charge in [0.1, 0.15) is 12.1 Å². The van der Waals surface area contributed by atoms with E-state index in [2.05, 4.69) is 37.6 Å². The van der Waals surface area contributed by atoms with Gasteiger partial charge in [-0.1, -0.05) is 12.1 Å². The van der Waals surface area contributed by atoms with Gasteiger partial charge in [-0.25, -0.2) is 19.7 Å². The molecule has 2 aromatic heterocycles. The van der Waals surface area contributed by atoms with Gasteiger partial charge in [-0.2, -0.15) is 0 Å². The number of ether oxygens (including phenoxy) is 1. The van der Waals surface area contributed by atoms with Gasteiger partial charge in [0.05, 0.1) is 18.5 Å². The lowest BCUT2D eigenvalue weighted by Gasteiger charge is -2.32. The normalized spacial score (nSPS) is 15.5. The van der Waals surface area contributed by atoms with Crippen molar-refractivity contribution in [2.24, 2.45) is 0 Å². The van der Waals surface area contributed by atoms with Crippen molar-refractivity contribution in [2.75, 3.05) is 48.2 Å². The van der Waals surface area contributed by atoms with Crippen LogP contribution >= 0.6 is 0 Å². The number of carbonyl (C=O) groups is 1. The van der Waals surface area contributed by atoms with Crippen molar-refractivity contribution in [3.63, 3.8) is 0 Å². The molecule has 0 bridgehead atoms. The molecule has 0 radical (unpaired) electrons. The predicted octanol–water partition coefficient (Wildman–Crippen LogP) is 4.25. The third-order valence-corrected chi connectivity index (χ3v) is 5.62. The van der Waals surface area contributed by atoms with Gasteiger partial charge in [0.15, 0.2) is 5.82 Å². The number of urea groups is 1. The van der Waals surface area contributed by atoms with Crippen LogP contribution in [-0.4, -0.2) is 54.8 Å². The van der Waals surface area contributed by atoms with Crippen LogP contribution in [0.15, 0.2) is 48.8 Å². The zero-order chi connectivity index (χ0) is 23.4. The number of hydrogen-bond donors (Lipinski definition) is 2. The lowest BCUT2D eigenvalue weighted by molar-refractivity contribution is 0.254. The van der Waals surface area contributed by atoms with Crippen molar-refractivity contribution in [1.82, 2.24) is 15.0 Å². The number of fused-ring (bicyclic) bond motifs is 1. The number of rotatable bonds is 4. The number of benzene rings is 1. The van der Waals surface area contributed by atoms with Crippen LogP contribution in [0.2, 0.25) is 0 Å². The second kappa shape index (κ2) is 9.72. The van der Waals surface area contributed by atoms with Crippen molar-refractivity contribution >= 4 is 29.0 Å². The van der Waals surface area contributed by atoms with Gasteiger partial charge >= 0.3 is 6.03 Å². The first-order chi connectivity index (χ1) is 16.0. The predicted molar refractivity (Wildman–Crippen MR) is 131 cm³/mol. The van der Waals surface area contributed by atoms with Crippen molar-refractivity contribution in [3.05, 3.63) is 48.8 Å². The largest absolute Gasteiger partial charge is 0.481 e. The molecule has 3 aromatic rings. The molecule has 33 heavy (non-hydrogen) atoms. The highest BCUT2D eigenvalue weighted by atomic mass is 16.5. The molecule has 2 amide bonds. The van der Waals surface area contributed by atoms with Crippen molar-refractivity contribution < 1.29 is 9.53 Å². The molecule has 0 saturated heterocycles. The van der Waals surface area contributed by atoms with Crippen LogP contribution in [0.4, 0.5) is 27.8 Å². The Morgan fingerprint density at radius 1 is 1.21 bits per heavy atom. The van der Waals surface area contributed by atoms with Crippen LogP contribution in [-0.2, 0) is 0 Å². The van der Waals surface area contributed by atoms with Crippen LogP contribution in [0.25, 0.3) is 11.3 Å². The molecule has 172 valence electrons. The molecule has 9 nitrogen and oxygen atoms in total. The first kappa shape index (κ1) is 22.3. The standard InChI is InChI=1S/C24H29N7O2/c1-16-7-6-12-25-20-11-10-19(17-8-5-9-18(13-17)30(2)3)28-23(20)31(16)24(32)29-21-14-22(33-4)27-15-26-21/h5,8-11,13-16,25H,6-7,12H2,1-4H3,(H,26,27,29,32)/t16-/m1/s1. The Hall–Kier alpha value is -3.88. The minimum Gasteiger partial charge on any atom is -0.481 e. The minimum absolute atomic E-state index is 0.0505. The molecule has 0 spiro atoms. The first-order valence-electron chi connectivity index (χ1n) is 10.9. The van der Waals surface area contributed by atoms with E-state index in [-0.39, 0.29) is 12.1 Å². The first-order valence-corrected chi connectivity index (χ1v) is 10.9. The Morgan fingerprint density at radius 2 is 2.06 bits per heavy atom. The van der Waals surface area contributed by atoms with E-state index in [9.17, 15) is 4.79 Å². The SMILES string of the molecule is COc1cc(NC(=O)N2c3nc(-c4cccc(N(C)C)c4)ccc3NCCC[C@H]2C)ncn1. The maximum atomic E-state index is 13.4. The number of methoxy groups -OCH3 is 1. The summed E-state index contributed by atoms with van der Waals surface area (Å²) in [4.78, 5) is 30.3.